The molecule has 0 spiro atoms. The van der Waals surface area contributed by atoms with E-state index in [4.69, 9.17) is 10.5 Å². The summed E-state index contributed by atoms with van der Waals surface area (Å²) in [7, 11) is 0. The number of carbonyl (C=O) groups excluding carboxylic acids is 2. The van der Waals surface area contributed by atoms with Gasteiger partial charge in [-0.2, -0.15) is 8.78 Å². The molecule has 0 radical (unpaired) electrons. The number of hydrogen-bond donors (Lipinski definition) is 1. The molecule has 1 aliphatic heterocycles. The lowest BCUT2D eigenvalue weighted by atomic mass is 10.0. The largest absolute Gasteiger partial charge is 0.446 e. The first kappa shape index (κ1) is 19.0. The number of carbonyl (C=O) groups is 2. The van der Waals surface area contributed by atoms with Crippen LogP contribution < -0.4 is 10.5 Å². The zero-order valence-electron chi connectivity index (χ0n) is 14.0. The molecule has 1 heterocycles. The van der Waals surface area contributed by atoms with E-state index in [0.717, 1.165) is 5.56 Å². The van der Waals surface area contributed by atoms with Crippen LogP contribution in [0.5, 0.6) is 5.75 Å². The number of primary amides is 1. The number of cyclic esters (lactones) is 1. The normalized spacial score (nSPS) is 18.8. The monoisotopic (exact) mass is 356 g/mol. The van der Waals surface area contributed by atoms with Gasteiger partial charge in [-0.1, -0.05) is 19.1 Å². The lowest BCUT2D eigenvalue weighted by Gasteiger charge is -2.37. The number of nitrogens with zero attached hydrogens (tertiary/aromatic N) is 1. The summed E-state index contributed by atoms with van der Waals surface area (Å²) in [4.78, 5) is 24.7. The second kappa shape index (κ2) is 8.64. The molecule has 138 valence electrons. The molecule has 2 N–H and O–H groups in total. The maximum atomic E-state index is 12.3. The maximum Gasteiger partial charge on any atom is 0.410 e. The van der Waals surface area contributed by atoms with Crippen molar-refractivity contribution in [3.63, 3.8) is 0 Å². The molecular weight excluding hydrogens is 334 g/mol. The molecule has 1 aromatic rings. The number of ether oxygens (including phenoxy) is 2. The van der Waals surface area contributed by atoms with Gasteiger partial charge in [-0.3, -0.25) is 4.79 Å². The summed E-state index contributed by atoms with van der Waals surface area (Å²) in [6.07, 6.45) is 1.11. The lowest BCUT2D eigenvalue weighted by molar-refractivity contribution is -0.118. The molecule has 2 unspecified atom stereocenters. The van der Waals surface area contributed by atoms with Crippen LogP contribution >= 0.6 is 0 Å². The van der Waals surface area contributed by atoms with E-state index < -0.39 is 18.6 Å². The van der Waals surface area contributed by atoms with Gasteiger partial charge in [-0.05, 0) is 30.5 Å². The highest BCUT2D eigenvalue weighted by Crippen LogP contribution is 2.30. The van der Waals surface area contributed by atoms with E-state index in [1.807, 2.05) is 6.92 Å². The van der Waals surface area contributed by atoms with Gasteiger partial charge in [0.2, 0.25) is 5.91 Å². The minimum atomic E-state index is -2.87. The molecule has 1 fully saturated rings. The first-order valence-corrected chi connectivity index (χ1v) is 8.21. The highest BCUT2D eigenvalue weighted by atomic mass is 19.3. The van der Waals surface area contributed by atoms with Crippen molar-refractivity contribution in [1.29, 1.82) is 0 Å². The van der Waals surface area contributed by atoms with Crippen molar-refractivity contribution in [2.24, 2.45) is 5.73 Å². The Balaban J connectivity index is 2.00. The minimum absolute atomic E-state index is 0.0707. The Labute approximate surface area is 144 Å². The quantitative estimate of drug-likeness (QED) is 0.775. The Hall–Kier alpha value is -2.38. The lowest BCUT2D eigenvalue weighted by Crippen LogP contribution is -2.44. The Morgan fingerprint density at radius 1 is 1.40 bits per heavy atom. The molecule has 2 atom stereocenters. The van der Waals surface area contributed by atoms with Gasteiger partial charge < -0.3 is 20.1 Å². The number of amides is 2. The van der Waals surface area contributed by atoms with Gasteiger partial charge in [-0.15, -0.1) is 0 Å². The Morgan fingerprint density at radius 3 is 2.60 bits per heavy atom. The fourth-order valence-electron chi connectivity index (χ4n) is 2.94. The van der Waals surface area contributed by atoms with E-state index >= 15 is 0 Å². The second-order valence-electron chi connectivity index (χ2n) is 5.86. The zero-order valence-corrected chi connectivity index (χ0v) is 14.0. The van der Waals surface area contributed by atoms with Crippen LogP contribution in [0.25, 0.3) is 0 Å². The summed E-state index contributed by atoms with van der Waals surface area (Å²) in [6.45, 7) is -0.446. The predicted octanol–water partition coefficient (Wildman–Crippen LogP) is 3.22. The van der Waals surface area contributed by atoms with Gasteiger partial charge in [0.1, 0.15) is 11.9 Å². The topological polar surface area (TPSA) is 81.9 Å². The molecule has 0 bridgehead atoms. The minimum Gasteiger partial charge on any atom is -0.446 e. The van der Waals surface area contributed by atoms with Gasteiger partial charge in [-0.25, -0.2) is 4.79 Å². The van der Waals surface area contributed by atoms with Crippen LogP contribution in [-0.2, 0) is 9.53 Å². The first-order valence-electron chi connectivity index (χ1n) is 8.21. The SMILES string of the molecule is CCC(c1ccc(OC(F)F)cc1)N1CCC(CCC(N)=O)OC1=O. The van der Waals surface area contributed by atoms with Crippen LogP contribution in [0.4, 0.5) is 13.6 Å². The highest BCUT2D eigenvalue weighted by molar-refractivity contribution is 5.74. The predicted molar refractivity (Wildman–Crippen MR) is 86.1 cm³/mol. The number of nitrogens with two attached hydrogens (primary N) is 1. The maximum absolute atomic E-state index is 12.3. The molecule has 8 heteroatoms. The molecule has 0 aromatic heterocycles. The van der Waals surface area contributed by atoms with Crippen LogP contribution in [0.15, 0.2) is 24.3 Å². The van der Waals surface area contributed by atoms with Gasteiger partial charge >= 0.3 is 12.7 Å². The summed E-state index contributed by atoms with van der Waals surface area (Å²) < 4.78 is 34.2. The Morgan fingerprint density at radius 2 is 2.08 bits per heavy atom. The standard InChI is InChI=1S/C17H22F2N2O4/c1-2-14(11-3-5-12(6-4-11)24-16(18)19)21-10-9-13(25-17(21)23)7-8-15(20)22/h3-6,13-14,16H,2,7-10H2,1H3,(H2,20,22). The van der Waals surface area contributed by atoms with E-state index in [2.05, 4.69) is 4.74 Å². The van der Waals surface area contributed by atoms with Crippen molar-refractivity contribution in [3.05, 3.63) is 29.8 Å². The molecule has 25 heavy (non-hydrogen) atoms. The molecule has 0 saturated carbocycles. The molecule has 6 nitrogen and oxygen atoms in total. The van der Waals surface area contributed by atoms with Crippen LogP contribution in [0.3, 0.4) is 0 Å². The van der Waals surface area contributed by atoms with Crippen molar-refractivity contribution < 1.29 is 27.8 Å². The Kier molecular flexibility index (Phi) is 6.55. The van der Waals surface area contributed by atoms with Crippen LogP contribution in [0.2, 0.25) is 0 Å². The highest BCUT2D eigenvalue weighted by Gasteiger charge is 2.32. The van der Waals surface area contributed by atoms with Crippen LogP contribution in [0, 0.1) is 0 Å². The van der Waals surface area contributed by atoms with Crippen molar-refractivity contribution in [3.8, 4) is 5.75 Å². The third-order valence-electron chi connectivity index (χ3n) is 4.16. The van der Waals surface area contributed by atoms with Crippen molar-refractivity contribution in [2.75, 3.05) is 6.54 Å². The van der Waals surface area contributed by atoms with E-state index in [9.17, 15) is 18.4 Å². The van der Waals surface area contributed by atoms with Crippen molar-refractivity contribution in [2.45, 2.75) is 51.4 Å². The summed E-state index contributed by atoms with van der Waals surface area (Å²) in [6, 6.07) is 6.02. The average molecular weight is 356 g/mol. The zero-order chi connectivity index (χ0) is 18.4. The number of hydrogen-bond acceptors (Lipinski definition) is 4. The van der Waals surface area contributed by atoms with E-state index in [1.54, 1.807) is 17.0 Å². The van der Waals surface area contributed by atoms with Crippen molar-refractivity contribution >= 4 is 12.0 Å². The molecule has 1 aliphatic rings. The summed E-state index contributed by atoms with van der Waals surface area (Å²) >= 11 is 0. The van der Waals surface area contributed by atoms with Crippen LogP contribution in [0.1, 0.15) is 44.2 Å². The fourth-order valence-corrected chi connectivity index (χ4v) is 2.94. The van der Waals surface area contributed by atoms with Gasteiger partial charge in [0.15, 0.2) is 0 Å². The fraction of sp³-hybridized carbons (Fsp3) is 0.529. The smallest absolute Gasteiger partial charge is 0.410 e. The molecule has 0 aliphatic carbocycles. The second-order valence-corrected chi connectivity index (χ2v) is 5.86. The van der Waals surface area contributed by atoms with Gasteiger partial charge in [0.05, 0.1) is 6.04 Å². The molecule has 1 saturated heterocycles. The third kappa shape index (κ3) is 5.30. The van der Waals surface area contributed by atoms with Crippen molar-refractivity contribution in [1.82, 2.24) is 4.90 Å². The number of rotatable bonds is 8. The van der Waals surface area contributed by atoms with Gasteiger partial charge in [0, 0.05) is 19.4 Å². The molecule has 1 aromatic carbocycles. The van der Waals surface area contributed by atoms with E-state index in [1.165, 1.54) is 12.1 Å². The first-order chi connectivity index (χ1) is 11.9. The average Bonchev–Trinajstić information content (AvgIpc) is 2.56. The summed E-state index contributed by atoms with van der Waals surface area (Å²) in [5, 5.41) is 0. The summed E-state index contributed by atoms with van der Waals surface area (Å²) in [5.74, 6) is -0.350. The summed E-state index contributed by atoms with van der Waals surface area (Å²) in [5.41, 5.74) is 5.93. The number of halogens is 2. The number of alkyl halides is 2. The molecular formula is C17H22F2N2O4. The third-order valence-corrected chi connectivity index (χ3v) is 4.16. The van der Waals surface area contributed by atoms with Crippen LogP contribution in [-0.4, -0.2) is 36.2 Å². The Bertz CT molecular complexity index is 595. The van der Waals surface area contributed by atoms with Gasteiger partial charge in [0.25, 0.3) is 0 Å². The van der Waals surface area contributed by atoms with E-state index in [-0.39, 0.29) is 24.3 Å². The van der Waals surface area contributed by atoms with E-state index in [0.29, 0.717) is 25.8 Å². The molecule has 2 amide bonds. The number of benzene rings is 1. The molecule has 2 rings (SSSR count).